The standard InChI is InChI=1S/C26H24BrFN2O3S/c1-3-16-6-10-20(11-7-16)29-26-30-25(31)23(34-26)14-18-12-21(27)24(22(13-18)32-2)33-15-17-4-8-19(28)9-5-17/h4-14,26,29H,3,15H2,1-2H3,(H,30,31)/b23-14-/t26-/m1/s1. The van der Waals surface area contributed by atoms with Crippen molar-refractivity contribution >= 4 is 45.4 Å². The van der Waals surface area contributed by atoms with E-state index in [1.54, 1.807) is 19.2 Å². The van der Waals surface area contributed by atoms with Crippen molar-refractivity contribution in [3.63, 3.8) is 0 Å². The Bertz CT molecular complexity index is 1200. The van der Waals surface area contributed by atoms with Crippen molar-refractivity contribution in [2.75, 3.05) is 12.4 Å². The minimum Gasteiger partial charge on any atom is -0.493 e. The molecule has 0 aromatic heterocycles. The lowest BCUT2D eigenvalue weighted by atomic mass is 10.1. The fourth-order valence-corrected chi connectivity index (χ4v) is 4.96. The van der Waals surface area contributed by atoms with Gasteiger partial charge >= 0.3 is 0 Å². The molecule has 3 aromatic carbocycles. The van der Waals surface area contributed by atoms with E-state index in [9.17, 15) is 9.18 Å². The molecular formula is C26H24BrFN2O3S. The van der Waals surface area contributed by atoms with E-state index < -0.39 is 0 Å². The molecule has 0 bridgehead atoms. The zero-order valence-electron chi connectivity index (χ0n) is 18.7. The van der Waals surface area contributed by atoms with E-state index in [1.807, 2.05) is 30.3 Å². The number of carbonyl (C=O) groups is 1. The molecule has 0 spiro atoms. The predicted octanol–water partition coefficient (Wildman–Crippen LogP) is 6.34. The van der Waals surface area contributed by atoms with Gasteiger partial charge < -0.3 is 20.1 Å². The number of rotatable bonds is 8. The van der Waals surface area contributed by atoms with Gasteiger partial charge in [0.2, 0.25) is 0 Å². The number of aryl methyl sites for hydroxylation is 1. The van der Waals surface area contributed by atoms with Gasteiger partial charge in [-0.3, -0.25) is 4.79 Å². The number of hydrogen-bond donors (Lipinski definition) is 2. The Hall–Kier alpha value is -2.97. The maximum Gasteiger partial charge on any atom is 0.260 e. The summed E-state index contributed by atoms with van der Waals surface area (Å²) in [5.74, 6) is 0.630. The Labute approximate surface area is 210 Å². The van der Waals surface area contributed by atoms with Crippen molar-refractivity contribution in [1.82, 2.24) is 5.32 Å². The Morgan fingerprint density at radius 2 is 1.82 bits per heavy atom. The van der Waals surface area contributed by atoms with Crippen molar-refractivity contribution in [3.05, 3.63) is 92.5 Å². The van der Waals surface area contributed by atoms with Crippen molar-refractivity contribution in [3.8, 4) is 11.5 Å². The van der Waals surface area contributed by atoms with Crippen LogP contribution < -0.4 is 20.1 Å². The van der Waals surface area contributed by atoms with Crippen LogP contribution in [0.3, 0.4) is 0 Å². The first kappa shape index (κ1) is 24.2. The third kappa shape index (κ3) is 5.93. The molecule has 0 unspecified atom stereocenters. The number of nitrogens with one attached hydrogen (secondary N) is 2. The van der Waals surface area contributed by atoms with Gasteiger partial charge in [0.05, 0.1) is 16.5 Å². The lowest BCUT2D eigenvalue weighted by molar-refractivity contribution is -0.116. The highest BCUT2D eigenvalue weighted by atomic mass is 79.9. The molecule has 3 aromatic rings. The molecule has 1 aliphatic heterocycles. The van der Waals surface area contributed by atoms with Gasteiger partial charge in [0.25, 0.3) is 5.91 Å². The van der Waals surface area contributed by atoms with E-state index in [0.717, 1.165) is 23.2 Å². The maximum absolute atomic E-state index is 13.1. The van der Waals surface area contributed by atoms with E-state index in [4.69, 9.17) is 9.47 Å². The largest absolute Gasteiger partial charge is 0.493 e. The molecule has 8 heteroatoms. The topological polar surface area (TPSA) is 59.6 Å². The SMILES string of the molecule is CCc1ccc(N[C@@H]2NC(=O)/C(=C/c3cc(Br)c(OCc4ccc(F)cc4)c(OC)c3)S2)cc1. The van der Waals surface area contributed by atoms with E-state index in [1.165, 1.54) is 29.5 Å². The zero-order chi connectivity index (χ0) is 24.1. The highest BCUT2D eigenvalue weighted by molar-refractivity contribution is 9.10. The summed E-state index contributed by atoms with van der Waals surface area (Å²) in [5, 5.41) is 6.28. The quantitative estimate of drug-likeness (QED) is 0.325. The normalized spacial score (nSPS) is 16.4. The molecule has 5 nitrogen and oxygen atoms in total. The minimum absolute atomic E-state index is 0.139. The summed E-state index contributed by atoms with van der Waals surface area (Å²) < 4.78 is 25.3. The van der Waals surface area contributed by atoms with Crippen LogP contribution in [-0.4, -0.2) is 18.5 Å². The molecule has 0 aliphatic carbocycles. The second-order valence-corrected chi connectivity index (χ2v) is 9.63. The Morgan fingerprint density at radius 3 is 2.50 bits per heavy atom. The fourth-order valence-electron chi connectivity index (χ4n) is 3.40. The lowest BCUT2D eigenvalue weighted by Crippen LogP contribution is -2.30. The molecule has 34 heavy (non-hydrogen) atoms. The Balaban J connectivity index is 1.46. The first-order chi connectivity index (χ1) is 16.4. The van der Waals surface area contributed by atoms with Crippen LogP contribution in [0.2, 0.25) is 0 Å². The summed E-state index contributed by atoms with van der Waals surface area (Å²) in [6.45, 7) is 2.38. The van der Waals surface area contributed by atoms with Crippen LogP contribution in [-0.2, 0) is 17.8 Å². The van der Waals surface area contributed by atoms with Crippen molar-refractivity contribution in [2.24, 2.45) is 0 Å². The average Bonchev–Trinajstić information content (AvgIpc) is 3.17. The Morgan fingerprint density at radius 1 is 1.12 bits per heavy atom. The summed E-state index contributed by atoms with van der Waals surface area (Å²) in [6, 6.07) is 18.0. The second-order valence-electron chi connectivity index (χ2n) is 7.62. The molecule has 1 aliphatic rings. The number of anilines is 1. The van der Waals surface area contributed by atoms with Gasteiger partial charge in [-0.15, -0.1) is 0 Å². The summed E-state index contributed by atoms with van der Waals surface area (Å²) >= 11 is 4.96. The number of thioether (sulfide) groups is 1. The highest BCUT2D eigenvalue weighted by Crippen LogP contribution is 2.39. The van der Waals surface area contributed by atoms with E-state index >= 15 is 0 Å². The molecule has 1 saturated heterocycles. The van der Waals surface area contributed by atoms with Crippen LogP contribution in [0.25, 0.3) is 6.08 Å². The summed E-state index contributed by atoms with van der Waals surface area (Å²) in [7, 11) is 1.56. The molecule has 4 rings (SSSR count). The summed E-state index contributed by atoms with van der Waals surface area (Å²) in [6.07, 6.45) is 2.80. The molecule has 176 valence electrons. The first-order valence-corrected chi connectivity index (χ1v) is 12.4. The number of benzene rings is 3. The number of halogens is 2. The molecular weight excluding hydrogens is 519 g/mol. The second kappa shape index (κ2) is 11.0. The predicted molar refractivity (Wildman–Crippen MR) is 138 cm³/mol. The van der Waals surface area contributed by atoms with Crippen LogP contribution in [0.4, 0.5) is 10.1 Å². The molecule has 1 amide bonds. The number of methoxy groups -OCH3 is 1. The lowest BCUT2D eigenvalue weighted by Gasteiger charge is -2.14. The van der Waals surface area contributed by atoms with Crippen LogP contribution in [0.5, 0.6) is 11.5 Å². The smallest absolute Gasteiger partial charge is 0.260 e. The number of ether oxygens (including phenoxy) is 2. The molecule has 1 heterocycles. The van der Waals surface area contributed by atoms with Gasteiger partial charge in [0, 0.05) is 5.69 Å². The van der Waals surface area contributed by atoms with Gasteiger partial charge in [-0.2, -0.15) is 0 Å². The van der Waals surface area contributed by atoms with Gasteiger partial charge in [-0.1, -0.05) is 43.0 Å². The summed E-state index contributed by atoms with van der Waals surface area (Å²) in [4.78, 5) is 13.1. The van der Waals surface area contributed by atoms with E-state index in [-0.39, 0.29) is 23.8 Å². The van der Waals surface area contributed by atoms with Crippen molar-refractivity contribution < 1.29 is 18.7 Å². The average molecular weight is 543 g/mol. The van der Waals surface area contributed by atoms with Gasteiger partial charge in [0.1, 0.15) is 12.4 Å². The van der Waals surface area contributed by atoms with Gasteiger partial charge in [-0.05, 0) is 81.5 Å². The summed E-state index contributed by atoms with van der Waals surface area (Å²) in [5.41, 5.74) is 3.59. The fraction of sp³-hybridized carbons (Fsp3) is 0.192. The van der Waals surface area contributed by atoms with Crippen molar-refractivity contribution in [1.29, 1.82) is 0 Å². The van der Waals surface area contributed by atoms with Crippen LogP contribution >= 0.6 is 27.7 Å². The monoisotopic (exact) mass is 542 g/mol. The van der Waals surface area contributed by atoms with Gasteiger partial charge in [0.15, 0.2) is 17.0 Å². The molecule has 0 radical (unpaired) electrons. The number of hydrogen-bond acceptors (Lipinski definition) is 5. The van der Waals surface area contributed by atoms with Crippen LogP contribution in [0.15, 0.2) is 70.0 Å². The highest BCUT2D eigenvalue weighted by Gasteiger charge is 2.27. The zero-order valence-corrected chi connectivity index (χ0v) is 21.1. The first-order valence-electron chi connectivity index (χ1n) is 10.7. The van der Waals surface area contributed by atoms with Crippen molar-refractivity contribution in [2.45, 2.75) is 25.4 Å². The maximum atomic E-state index is 13.1. The number of carbonyl (C=O) groups excluding carboxylic acids is 1. The molecule has 2 N–H and O–H groups in total. The van der Waals surface area contributed by atoms with Gasteiger partial charge in [-0.25, -0.2) is 4.39 Å². The third-order valence-electron chi connectivity index (χ3n) is 5.24. The van der Waals surface area contributed by atoms with Crippen LogP contribution in [0, 0.1) is 5.82 Å². The Kier molecular flexibility index (Phi) is 7.80. The van der Waals surface area contributed by atoms with E-state index in [2.05, 4.69) is 45.6 Å². The molecule has 1 fully saturated rings. The minimum atomic E-state index is -0.291. The molecule has 1 atom stereocenters. The number of amides is 1. The third-order valence-corrected chi connectivity index (χ3v) is 6.85. The van der Waals surface area contributed by atoms with E-state index in [0.29, 0.717) is 20.9 Å². The molecule has 0 saturated carbocycles. The van der Waals surface area contributed by atoms with Crippen LogP contribution in [0.1, 0.15) is 23.6 Å².